The molecule has 0 spiro atoms. The second-order valence-electron chi connectivity index (χ2n) is 1.82. The topological polar surface area (TPSA) is 71.8 Å². The molecule has 5 nitrogen and oxygen atoms in total. The molecule has 58 valence electrons. The number of nitrogens with zero attached hydrogens (tertiary/aromatic N) is 1. The molecule has 1 rings (SSSR count). The molecule has 2 N–H and O–H groups in total. The molecule has 0 saturated heterocycles. The molecule has 1 heterocycles. The van der Waals surface area contributed by atoms with Crippen LogP contribution in [0, 0.1) is 0 Å². The Kier molecular flexibility index (Phi) is 3.00. The quantitative estimate of drug-likeness (QED) is 0.357. The van der Waals surface area contributed by atoms with E-state index in [1.807, 2.05) is 0 Å². The largest absolute Gasteiger partial charge is 0.554 e. The number of hydrogen-bond donors (Lipinski definition) is 2. The van der Waals surface area contributed by atoms with Gasteiger partial charge in [0.2, 0.25) is 0 Å². The Labute approximate surface area is 63.2 Å². The highest BCUT2D eigenvalue weighted by Gasteiger charge is 2.21. The average molecular weight is 155 g/mol. The second-order valence-corrected chi connectivity index (χ2v) is 1.82. The molecule has 0 fully saturated rings. The van der Waals surface area contributed by atoms with Crippen molar-refractivity contribution < 1.29 is 20.1 Å². The van der Waals surface area contributed by atoms with Crippen LogP contribution in [-0.2, 0) is 9.61 Å². The van der Waals surface area contributed by atoms with Gasteiger partial charge in [0.15, 0.2) is 0 Å². The van der Waals surface area contributed by atoms with Gasteiger partial charge in [-0.05, 0) is 17.6 Å². The van der Waals surface area contributed by atoms with E-state index in [1.165, 1.54) is 24.5 Å². The molecular weight excluding hydrogens is 149 g/mol. The number of hydrogen-bond acceptors (Lipinski definition) is 5. The first-order valence-corrected chi connectivity index (χ1v) is 2.89. The lowest BCUT2D eigenvalue weighted by Crippen LogP contribution is -2.34. The van der Waals surface area contributed by atoms with Crippen molar-refractivity contribution in [2.45, 2.75) is 0 Å². The zero-order valence-electron chi connectivity index (χ0n) is 5.54. The molecule has 0 unspecified atom stereocenters. The van der Waals surface area contributed by atoms with Crippen LogP contribution in [-0.4, -0.2) is 22.6 Å². The normalized spacial score (nSPS) is 9.64. The van der Waals surface area contributed by atoms with E-state index >= 15 is 0 Å². The van der Waals surface area contributed by atoms with Gasteiger partial charge in [0, 0.05) is 12.4 Å². The van der Waals surface area contributed by atoms with Crippen molar-refractivity contribution in [3.8, 4) is 0 Å². The summed E-state index contributed by atoms with van der Waals surface area (Å²) in [5.41, 5.74) is 0.477. The summed E-state index contributed by atoms with van der Waals surface area (Å²) < 4.78 is 0. The fraction of sp³-hybridized carbons (Fsp3) is 0. The van der Waals surface area contributed by atoms with Gasteiger partial charge in [0.25, 0.3) is 0 Å². The highest BCUT2D eigenvalue weighted by atomic mass is 17.2. The first kappa shape index (κ1) is 8.15. The molecule has 1 aromatic rings. The van der Waals surface area contributed by atoms with Crippen LogP contribution >= 0.6 is 0 Å². The molecule has 0 aliphatic carbocycles. The minimum absolute atomic E-state index is 0.477. The average Bonchev–Trinajstić information content (AvgIpc) is 2.09. The maximum Gasteiger partial charge on any atom is 0.554 e. The van der Waals surface area contributed by atoms with Crippen molar-refractivity contribution in [1.82, 2.24) is 4.98 Å². The SMILES string of the molecule is OOB(OO)c1ccncc1. The highest BCUT2D eigenvalue weighted by molar-refractivity contribution is 6.60. The van der Waals surface area contributed by atoms with E-state index in [9.17, 15) is 0 Å². The van der Waals surface area contributed by atoms with Gasteiger partial charge >= 0.3 is 7.12 Å². The van der Waals surface area contributed by atoms with Gasteiger partial charge in [-0.25, -0.2) is 0 Å². The van der Waals surface area contributed by atoms with E-state index in [2.05, 4.69) is 14.6 Å². The maximum absolute atomic E-state index is 8.17. The third-order valence-corrected chi connectivity index (χ3v) is 1.17. The molecule has 0 amide bonds. The molecule has 0 radical (unpaired) electrons. The highest BCUT2D eigenvalue weighted by Crippen LogP contribution is 1.86. The Balaban J connectivity index is 2.74. The predicted octanol–water partition coefficient (Wildman–Crippen LogP) is -0.244. The summed E-state index contributed by atoms with van der Waals surface area (Å²) in [7, 11) is -1.17. The number of aromatic nitrogens is 1. The summed E-state index contributed by atoms with van der Waals surface area (Å²) in [6.45, 7) is 0. The van der Waals surface area contributed by atoms with Gasteiger partial charge in [-0.3, -0.25) is 25.1 Å². The lowest BCUT2D eigenvalue weighted by Gasteiger charge is -2.02. The molecule has 6 heteroatoms. The molecular formula is C5H6BNO4. The van der Waals surface area contributed by atoms with Crippen LogP contribution in [0.3, 0.4) is 0 Å². The summed E-state index contributed by atoms with van der Waals surface area (Å²) in [6.07, 6.45) is 2.97. The summed E-state index contributed by atoms with van der Waals surface area (Å²) in [5, 5.41) is 16.3. The van der Waals surface area contributed by atoms with Crippen molar-refractivity contribution in [2.75, 3.05) is 0 Å². The van der Waals surface area contributed by atoms with Crippen molar-refractivity contribution in [1.29, 1.82) is 0 Å². The Morgan fingerprint density at radius 2 is 1.73 bits per heavy atom. The monoisotopic (exact) mass is 155 g/mol. The van der Waals surface area contributed by atoms with Gasteiger partial charge in [0.1, 0.15) is 0 Å². The second kappa shape index (κ2) is 4.04. The van der Waals surface area contributed by atoms with Gasteiger partial charge < -0.3 is 0 Å². The van der Waals surface area contributed by atoms with Crippen LogP contribution in [0.4, 0.5) is 0 Å². The fourth-order valence-electron chi connectivity index (χ4n) is 0.662. The Bertz CT molecular complexity index is 203. The molecule has 0 atom stereocenters. The van der Waals surface area contributed by atoms with Crippen LogP contribution in [0.5, 0.6) is 0 Å². The van der Waals surface area contributed by atoms with Crippen LogP contribution < -0.4 is 5.46 Å². The summed E-state index contributed by atoms with van der Waals surface area (Å²) in [6, 6.07) is 3.08. The van der Waals surface area contributed by atoms with E-state index < -0.39 is 7.12 Å². The van der Waals surface area contributed by atoms with E-state index in [4.69, 9.17) is 10.5 Å². The summed E-state index contributed by atoms with van der Waals surface area (Å²) >= 11 is 0. The van der Waals surface area contributed by atoms with Crippen LogP contribution in [0.25, 0.3) is 0 Å². The fourth-order valence-corrected chi connectivity index (χ4v) is 0.662. The van der Waals surface area contributed by atoms with Gasteiger partial charge in [-0.15, -0.1) is 0 Å². The van der Waals surface area contributed by atoms with E-state index in [-0.39, 0.29) is 0 Å². The standard InChI is InChI=1S/C5H6BNO4/c8-10-6(11-9)5-1-3-7-4-2-5/h1-4,8-9H. The van der Waals surface area contributed by atoms with E-state index in [0.717, 1.165) is 0 Å². The molecule has 0 aliphatic rings. The molecule has 0 saturated carbocycles. The zero-order chi connectivity index (χ0) is 8.10. The Hall–Kier alpha value is -0.945. The first-order chi connectivity index (χ1) is 5.38. The van der Waals surface area contributed by atoms with E-state index in [0.29, 0.717) is 5.46 Å². The third kappa shape index (κ3) is 1.99. The Morgan fingerprint density at radius 1 is 1.18 bits per heavy atom. The lowest BCUT2D eigenvalue weighted by molar-refractivity contribution is -0.221. The number of pyridine rings is 1. The Morgan fingerprint density at radius 3 is 2.18 bits per heavy atom. The molecule has 1 aromatic heterocycles. The van der Waals surface area contributed by atoms with Crippen molar-refractivity contribution in [3.05, 3.63) is 24.5 Å². The smallest absolute Gasteiger partial charge is 0.265 e. The lowest BCUT2D eigenvalue weighted by atomic mass is 9.81. The van der Waals surface area contributed by atoms with Crippen LogP contribution in [0.15, 0.2) is 24.5 Å². The molecule has 0 bridgehead atoms. The van der Waals surface area contributed by atoms with Crippen molar-refractivity contribution >= 4 is 12.6 Å². The van der Waals surface area contributed by atoms with Crippen LogP contribution in [0.2, 0.25) is 0 Å². The van der Waals surface area contributed by atoms with E-state index in [1.54, 1.807) is 0 Å². The zero-order valence-corrected chi connectivity index (χ0v) is 5.54. The van der Waals surface area contributed by atoms with Crippen molar-refractivity contribution in [2.24, 2.45) is 0 Å². The minimum atomic E-state index is -1.17. The number of rotatable bonds is 3. The van der Waals surface area contributed by atoms with Gasteiger partial charge in [-0.1, -0.05) is 0 Å². The van der Waals surface area contributed by atoms with Crippen molar-refractivity contribution in [3.63, 3.8) is 0 Å². The van der Waals surface area contributed by atoms with Gasteiger partial charge in [0.05, 0.1) is 0 Å². The summed E-state index contributed by atoms with van der Waals surface area (Å²) in [5.74, 6) is 0. The predicted molar refractivity (Wildman–Crippen MR) is 37.1 cm³/mol. The summed E-state index contributed by atoms with van der Waals surface area (Å²) in [4.78, 5) is 11.3. The molecule has 0 aliphatic heterocycles. The minimum Gasteiger partial charge on any atom is -0.265 e. The first-order valence-electron chi connectivity index (χ1n) is 2.89. The maximum atomic E-state index is 8.17. The van der Waals surface area contributed by atoms with Crippen LogP contribution in [0.1, 0.15) is 0 Å². The van der Waals surface area contributed by atoms with Gasteiger partial charge in [-0.2, -0.15) is 0 Å². The molecule has 11 heavy (non-hydrogen) atoms. The molecule has 0 aromatic carbocycles. The third-order valence-electron chi connectivity index (χ3n) is 1.17.